The Labute approximate surface area is 93.7 Å². The Hall–Kier alpha value is -1.64. The van der Waals surface area contributed by atoms with Crippen molar-refractivity contribution in [3.05, 3.63) is 34.9 Å². The number of halogens is 1. The third-order valence-corrected chi connectivity index (χ3v) is 2.99. The van der Waals surface area contributed by atoms with Crippen LogP contribution in [0.2, 0.25) is 0 Å². The molecule has 0 spiro atoms. The molecule has 0 amide bonds. The van der Waals surface area contributed by atoms with Gasteiger partial charge in [0.15, 0.2) is 0 Å². The summed E-state index contributed by atoms with van der Waals surface area (Å²) in [6, 6.07) is 5.20. The number of benzene rings is 1. The summed E-state index contributed by atoms with van der Waals surface area (Å²) in [4.78, 5) is 10.8. The van der Waals surface area contributed by atoms with E-state index >= 15 is 0 Å². The first-order valence-electron chi connectivity index (χ1n) is 5.19. The van der Waals surface area contributed by atoms with E-state index in [1.165, 1.54) is 0 Å². The van der Waals surface area contributed by atoms with E-state index in [9.17, 15) is 9.18 Å². The van der Waals surface area contributed by atoms with Gasteiger partial charge in [-0.1, -0.05) is 6.92 Å². The first-order chi connectivity index (χ1) is 7.67. The van der Waals surface area contributed by atoms with E-state index in [0.717, 1.165) is 5.56 Å². The molecule has 0 fully saturated rings. The van der Waals surface area contributed by atoms with Crippen LogP contribution >= 0.6 is 0 Å². The average molecular weight is 220 g/mol. The summed E-state index contributed by atoms with van der Waals surface area (Å²) in [5.74, 6) is 0.247. The minimum Gasteiger partial charge on any atom is -0.497 e. The molecule has 1 atom stereocenters. The highest BCUT2D eigenvalue weighted by Crippen LogP contribution is 2.36. The number of carbonyl (C=O) groups is 1. The molecule has 0 bridgehead atoms. The summed E-state index contributed by atoms with van der Waals surface area (Å²) >= 11 is 0. The fraction of sp³-hybridized carbons (Fsp3) is 0.308. The van der Waals surface area contributed by atoms with Crippen LogP contribution in [-0.4, -0.2) is 13.4 Å². The van der Waals surface area contributed by atoms with Gasteiger partial charge in [-0.05, 0) is 36.1 Å². The smallest absolute Gasteiger partial charge is 0.149 e. The highest BCUT2D eigenvalue weighted by atomic mass is 19.1. The lowest BCUT2D eigenvalue weighted by Gasteiger charge is -2.21. The molecule has 1 aromatic rings. The van der Waals surface area contributed by atoms with E-state index < -0.39 is 5.83 Å². The van der Waals surface area contributed by atoms with Gasteiger partial charge in [-0.25, -0.2) is 4.39 Å². The normalized spacial score (nSPS) is 19.3. The highest BCUT2D eigenvalue weighted by molar-refractivity contribution is 5.88. The van der Waals surface area contributed by atoms with Crippen LogP contribution in [0.25, 0.3) is 5.83 Å². The van der Waals surface area contributed by atoms with Gasteiger partial charge >= 0.3 is 0 Å². The van der Waals surface area contributed by atoms with Crippen LogP contribution in [0.15, 0.2) is 23.8 Å². The molecule has 3 heteroatoms. The zero-order chi connectivity index (χ0) is 11.7. The van der Waals surface area contributed by atoms with Crippen LogP contribution in [0, 0.1) is 5.92 Å². The first-order valence-corrected chi connectivity index (χ1v) is 5.19. The summed E-state index contributed by atoms with van der Waals surface area (Å²) < 4.78 is 19.0. The minimum absolute atomic E-state index is 0.0721. The van der Waals surface area contributed by atoms with Crippen molar-refractivity contribution in [2.24, 2.45) is 5.92 Å². The summed E-state index contributed by atoms with van der Waals surface area (Å²) in [7, 11) is 1.58. The second-order valence-corrected chi connectivity index (χ2v) is 4.02. The topological polar surface area (TPSA) is 26.3 Å². The van der Waals surface area contributed by atoms with Crippen LogP contribution in [0.1, 0.15) is 18.1 Å². The predicted octanol–water partition coefficient (Wildman–Crippen LogP) is 2.77. The standard InChI is InChI=1S/C13H13FO2/c1-8-5-9-6-10(16-2)3-4-11(9)13(14)12(8)7-15/h3-4,6-8H,5H2,1-2H3. The number of hydrogen-bond acceptors (Lipinski definition) is 2. The van der Waals surface area contributed by atoms with E-state index in [0.29, 0.717) is 24.0 Å². The molecule has 0 aromatic heterocycles. The van der Waals surface area contributed by atoms with Crippen molar-refractivity contribution in [1.82, 2.24) is 0 Å². The number of fused-ring (bicyclic) bond motifs is 1. The summed E-state index contributed by atoms with van der Waals surface area (Å²) in [5.41, 5.74) is 1.67. The van der Waals surface area contributed by atoms with Gasteiger partial charge in [-0.3, -0.25) is 4.79 Å². The predicted molar refractivity (Wildman–Crippen MR) is 60.0 cm³/mol. The van der Waals surface area contributed by atoms with Gasteiger partial charge < -0.3 is 4.74 Å². The van der Waals surface area contributed by atoms with Gasteiger partial charge in [0, 0.05) is 11.1 Å². The molecular formula is C13H13FO2. The molecule has 0 radical (unpaired) electrons. The van der Waals surface area contributed by atoms with Crippen molar-refractivity contribution in [2.45, 2.75) is 13.3 Å². The summed E-state index contributed by atoms with van der Waals surface area (Å²) in [5, 5.41) is 0. The zero-order valence-corrected chi connectivity index (χ0v) is 9.29. The molecule has 1 unspecified atom stereocenters. The molecule has 0 aliphatic heterocycles. The molecule has 0 heterocycles. The van der Waals surface area contributed by atoms with E-state index in [-0.39, 0.29) is 11.5 Å². The Morgan fingerprint density at radius 1 is 1.50 bits per heavy atom. The lowest BCUT2D eigenvalue weighted by atomic mass is 9.84. The molecule has 2 rings (SSSR count). The monoisotopic (exact) mass is 220 g/mol. The van der Waals surface area contributed by atoms with Crippen LogP contribution in [0.5, 0.6) is 5.75 Å². The second-order valence-electron chi connectivity index (χ2n) is 4.02. The van der Waals surface area contributed by atoms with Gasteiger partial charge in [-0.15, -0.1) is 0 Å². The van der Waals surface area contributed by atoms with E-state index in [2.05, 4.69) is 0 Å². The molecular weight excluding hydrogens is 207 g/mol. The molecule has 0 N–H and O–H groups in total. The average Bonchev–Trinajstić information content (AvgIpc) is 2.28. The quantitative estimate of drug-likeness (QED) is 0.716. The lowest BCUT2D eigenvalue weighted by Crippen LogP contribution is -2.13. The third-order valence-electron chi connectivity index (χ3n) is 2.99. The number of carbonyl (C=O) groups excluding carboxylic acids is 1. The zero-order valence-electron chi connectivity index (χ0n) is 9.29. The molecule has 84 valence electrons. The molecule has 1 aliphatic rings. The maximum Gasteiger partial charge on any atom is 0.149 e. The Bertz CT molecular complexity index is 463. The van der Waals surface area contributed by atoms with Crippen LogP contribution < -0.4 is 4.74 Å². The molecule has 0 saturated heterocycles. The Kier molecular flexibility index (Phi) is 2.77. The number of ether oxygens (including phenoxy) is 1. The van der Waals surface area contributed by atoms with Gasteiger partial charge in [0.2, 0.25) is 0 Å². The largest absolute Gasteiger partial charge is 0.497 e. The van der Waals surface area contributed by atoms with Gasteiger partial charge in [-0.2, -0.15) is 0 Å². The maximum atomic E-state index is 13.9. The van der Waals surface area contributed by atoms with E-state index in [1.807, 2.05) is 13.0 Å². The second kappa shape index (κ2) is 4.08. The molecule has 1 aliphatic carbocycles. The highest BCUT2D eigenvalue weighted by Gasteiger charge is 2.24. The number of methoxy groups -OCH3 is 1. The van der Waals surface area contributed by atoms with Crippen LogP contribution in [0.3, 0.4) is 0 Å². The molecule has 1 aromatic carbocycles. The van der Waals surface area contributed by atoms with Gasteiger partial charge in [0.05, 0.1) is 7.11 Å². The van der Waals surface area contributed by atoms with E-state index in [4.69, 9.17) is 4.74 Å². The minimum atomic E-state index is -0.397. The van der Waals surface area contributed by atoms with Crippen molar-refractivity contribution < 1.29 is 13.9 Å². The van der Waals surface area contributed by atoms with Crippen molar-refractivity contribution in [2.75, 3.05) is 7.11 Å². The third kappa shape index (κ3) is 1.62. The number of allylic oxidation sites excluding steroid dienone is 1. The summed E-state index contributed by atoms with van der Waals surface area (Å²) in [6.07, 6.45) is 1.29. The van der Waals surface area contributed by atoms with Crippen molar-refractivity contribution in [1.29, 1.82) is 0 Å². The molecule has 16 heavy (non-hydrogen) atoms. The SMILES string of the molecule is COc1ccc2c(c1)CC(C)C(C=O)=C2F. The number of rotatable bonds is 2. The number of hydrogen-bond donors (Lipinski definition) is 0. The maximum absolute atomic E-state index is 13.9. The van der Waals surface area contributed by atoms with Crippen molar-refractivity contribution in [3.63, 3.8) is 0 Å². The fourth-order valence-corrected chi connectivity index (χ4v) is 2.06. The summed E-state index contributed by atoms with van der Waals surface area (Å²) in [6.45, 7) is 1.85. The van der Waals surface area contributed by atoms with Gasteiger partial charge in [0.1, 0.15) is 17.9 Å². The Balaban J connectivity index is 2.56. The van der Waals surface area contributed by atoms with Crippen LogP contribution in [0.4, 0.5) is 4.39 Å². The number of aldehydes is 1. The van der Waals surface area contributed by atoms with Gasteiger partial charge in [0.25, 0.3) is 0 Å². The first kappa shape index (κ1) is 10.9. The Morgan fingerprint density at radius 3 is 2.88 bits per heavy atom. The lowest BCUT2D eigenvalue weighted by molar-refractivity contribution is -0.105. The van der Waals surface area contributed by atoms with Crippen molar-refractivity contribution in [3.8, 4) is 5.75 Å². The molecule has 2 nitrogen and oxygen atoms in total. The molecule has 0 saturated carbocycles. The Morgan fingerprint density at radius 2 is 2.25 bits per heavy atom. The van der Waals surface area contributed by atoms with E-state index in [1.54, 1.807) is 19.2 Å². The van der Waals surface area contributed by atoms with Crippen LogP contribution in [-0.2, 0) is 11.2 Å². The van der Waals surface area contributed by atoms with Crippen molar-refractivity contribution >= 4 is 12.1 Å². The fourth-order valence-electron chi connectivity index (χ4n) is 2.06.